The van der Waals surface area contributed by atoms with Crippen LogP contribution in [0.4, 0.5) is 0 Å². The van der Waals surface area contributed by atoms with E-state index >= 15 is 0 Å². The molecular formula is C14H21NO3. The molecule has 0 saturated carbocycles. The van der Waals surface area contributed by atoms with Gasteiger partial charge in [0.05, 0.1) is 6.61 Å². The minimum absolute atomic E-state index is 0.107. The predicted octanol–water partition coefficient (Wildman–Crippen LogP) is 2.73. The molecule has 1 aromatic carbocycles. The number of aliphatic carboxylic acids is 1. The third-order valence-electron chi connectivity index (χ3n) is 2.69. The monoisotopic (exact) mass is 251 g/mol. The van der Waals surface area contributed by atoms with E-state index < -0.39 is 5.97 Å². The van der Waals surface area contributed by atoms with Gasteiger partial charge in [0.1, 0.15) is 5.75 Å². The summed E-state index contributed by atoms with van der Waals surface area (Å²) in [5.74, 6) is 0.0730. The van der Waals surface area contributed by atoms with Gasteiger partial charge >= 0.3 is 5.97 Å². The second kappa shape index (κ2) is 7.71. The fourth-order valence-electron chi connectivity index (χ4n) is 1.67. The first-order valence-electron chi connectivity index (χ1n) is 6.33. The SMILES string of the molecule is CCCOc1ccc(C(N)CCCC(=O)O)cc1. The Hall–Kier alpha value is -1.55. The Morgan fingerprint density at radius 1 is 1.39 bits per heavy atom. The lowest BCUT2D eigenvalue weighted by Gasteiger charge is -2.12. The van der Waals surface area contributed by atoms with Crippen molar-refractivity contribution < 1.29 is 14.6 Å². The second-order valence-electron chi connectivity index (χ2n) is 4.31. The molecule has 0 spiro atoms. The number of rotatable bonds is 8. The maximum absolute atomic E-state index is 10.4. The van der Waals surface area contributed by atoms with E-state index in [9.17, 15) is 4.79 Å². The van der Waals surface area contributed by atoms with Crippen LogP contribution in [0.1, 0.15) is 44.2 Å². The van der Waals surface area contributed by atoms with Crippen molar-refractivity contribution in [3.8, 4) is 5.75 Å². The van der Waals surface area contributed by atoms with Crippen molar-refractivity contribution in [1.82, 2.24) is 0 Å². The molecule has 100 valence electrons. The number of carbonyl (C=O) groups is 1. The normalized spacial score (nSPS) is 12.1. The van der Waals surface area contributed by atoms with Crippen molar-refractivity contribution in [3.05, 3.63) is 29.8 Å². The fourth-order valence-corrected chi connectivity index (χ4v) is 1.67. The average Bonchev–Trinajstić information content (AvgIpc) is 2.36. The number of hydrogen-bond donors (Lipinski definition) is 2. The Morgan fingerprint density at radius 2 is 2.06 bits per heavy atom. The summed E-state index contributed by atoms with van der Waals surface area (Å²) in [6.07, 6.45) is 2.44. The van der Waals surface area contributed by atoms with Gasteiger partial charge in [-0.15, -0.1) is 0 Å². The molecule has 1 aromatic rings. The summed E-state index contributed by atoms with van der Waals surface area (Å²) in [7, 11) is 0. The highest BCUT2D eigenvalue weighted by atomic mass is 16.5. The molecular weight excluding hydrogens is 230 g/mol. The standard InChI is InChI=1S/C14H21NO3/c1-2-10-18-12-8-6-11(7-9-12)13(15)4-3-5-14(16)17/h6-9,13H,2-5,10,15H2,1H3,(H,16,17). The van der Waals surface area contributed by atoms with Gasteiger partial charge in [-0.25, -0.2) is 0 Å². The lowest BCUT2D eigenvalue weighted by Crippen LogP contribution is -2.10. The Bertz CT molecular complexity index is 362. The molecule has 0 aromatic heterocycles. The van der Waals surface area contributed by atoms with E-state index in [1.54, 1.807) is 0 Å². The third-order valence-corrected chi connectivity index (χ3v) is 2.69. The molecule has 0 aliphatic carbocycles. The summed E-state index contributed by atoms with van der Waals surface area (Å²) >= 11 is 0. The Kier molecular flexibility index (Phi) is 6.22. The first kappa shape index (κ1) is 14.5. The second-order valence-corrected chi connectivity index (χ2v) is 4.31. The number of benzene rings is 1. The number of carboxylic acids is 1. The summed E-state index contributed by atoms with van der Waals surface area (Å²) in [5.41, 5.74) is 7.02. The lowest BCUT2D eigenvalue weighted by molar-refractivity contribution is -0.137. The zero-order valence-corrected chi connectivity index (χ0v) is 10.8. The van der Waals surface area contributed by atoms with Crippen LogP contribution in [0.15, 0.2) is 24.3 Å². The first-order valence-corrected chi connectivity index (χ1v) is 6.33. The van der Waals surface area contributed by atoms with Gasteiger partial charge in [-0.1, -0.05) is 19.1 Å². The molecule has 0 fully saturated rings. The highest BCUT2D eigenvalue weighted by Gasteiger charge is 2.07. The number of ether oxygens (including phenoxy) is 1. The molecule has 3 N–H and O–H groups in total. The number of hydrogen-bond acceptors (Lipinski definition) is 3. The highest BCUT2D eigenvalue weighted by molar-refractivity contribution is 5.66. The smallest absolute Gasteiger partial charge is 0.303 e. The topological polar surface area (TPSA) is 72.5 Å². The van der Waals surface area contributed by atoms with Gasteiger partial charge in [-0.3, -0.25) is 4.79 Å². The van der Waals surface area contributed by atoms with E-state index in [0.29, 0.717) is 19.4 Å². The van der Waals surface area contributed by atoms with Crippen molar-refractivity contribution in [3.63, 3.8) is 0 Å². The first-order chi connectivity index (χ1) is 8.63. The molecule has 4 nitrogen and oxygen atoms in total. The molecule has 0 aliphatic heterocycles. The number of carboxylic acid groups (broad SMARTS) is 1. The third kappa shape index (κ3) is 5.19. The van der Waals surface area contributed by atoms with Crippen LogP contribution in [0.2, 0.25) is 0 Å². The molecule has 18 heavy (non-hydrogen) atoms. The van der Waals surface area contributed by atoms with Gasteiger partial charge in [0, 0.05) is 12.5 Å². The minimum Gasteiger partial charge on any atom is -0.494 e. The summed E-state index contributed by atoms with van der Waals surface area (Å²) < 4.78 is 5.48. The molecule has 0 radical (unpaired) electrons. The largest absolute Gasteiger partial charge is 0.494 e. The molecule has 1 atom stereocenters. The molecule has 4 heteroatoms. The van der Waals surface area contributed by atoms with Gasteiger partial charge in [0.2, 0.25) is 0 Å². The number of nitrogens with two attached hydrogens (primary N) is 1. The van der Waals surface area contributed by atoms with Crippen molar-refractivity contribution in [2.75, 3.05) is 6.61 Å². The van der Waals surface area contributed by atoms with E-state index in [2.05, 4.69) is 6.92 Å². The van der Waals surface area contributed by atoms with E-state index in [1.165, 1.54) is 0 Å². The van der Waals surface area contributed by atoms with E-state index in [-0.39, 0.29) is 12.5 Å². The Labute approximate surface area is 108 Å². The van der Waals surface area contributed by atoms with Crippen LogP contribution in [0, 0.1) is 0 Å². The van der Waals surface area contributed by atoms with Crippen molar-refractivity contribution in [2.24, 2.45) is 5.73 Å². The predicted molar refractivity (Wildman–Crippen MR) is 70.6 cm³/mol. The summed E-state index contributed by atoms with van der Waals surface area (Å²) in [6.45, 7) is 2.77. The minimum atomic E-state index is -0.773. The highest BCUT2D eigenvalue weighted by Crippen LogP contribution is 2.20. The van der Waals surface area contributed by atoms with Gasteiger partial charge in [0.25, 0.3) is 0 Å². The van der Waals surface area contributed by atoms with E-state index in [1.807, 2.05) is 24.3 Å². The van der Waals surface area contributed by atoms with Crippen LogP contribution in [0.5, 0.6) is 5.75 Å². The molecule has 0 bridgehead atoms. The maximum Gasteiger partial charge on any atom is 0.303 e. The lowest BCUT2D eigenvalue weighted by atomic mass is 10.0. The molecule has 1 rings (SSSR count). The van der Waals surface area contributed by atoms with Gasteiger partial charge in [0.15, 0.2) is 0 Å². The molecule has 0 saturated heterocycles. The molecule has 1 unspecified atom stereocenters. The van der Waals surface area contributed by atoms with E-state index in [0.717, 1.165) is 17.7 Å². The average molecular weight is 251 g/mol. The van der Waals surface area contributed by atoms with Crippen LogP contribution >= 0.6 is 0 Å². The van der Waals surface area contributed by atoms with Gasteiger partial charge in [-0.05, 0) is 37.0 Å². The fraction of sp³-hybridized carbons (Fsp3) is 0.500. The van der Waals surface area contributed by atoms with Crippen molar-refractivity contribution >= 4 is 5.97 Å². The van der Waals surface area contributed by atoms with Crippen molar-refractivity contribution in [2.45, 2.75) is 38.6 Å². The van der Waals surface area contributed by atoms with Crippen molar-refractivity contribution in [1.29, 1.82) is 0 Å². The molecule has 0 amide bonds. The quantitative estimate of drug-likeness (QED) is 0.745. The molecule has 0 heterocycles. The summed E-state index contributed by atoms with van der Waals surface area (Å²) in [6, 6.07) is 7.58. The molecule has 0 aliphatic rings. The van der Waals surface area contributed by atoms with E-state index in [4.69, 9.17) is 15.6 Å². The Morgan fingerprint density at radius 3 is 2.61 bits per heavy atom. The van der Waals surface area contributed by atoms with Gasteiger partial charge < -0.3 is 15.6 Å². The van der Waals surface area contributed by atoms with Crippen LogP contribution in [0.25, 0.3) is 0 Å². The zero-order chi connectivity index (χ0) is 13.4. The summed E-state index contributed by atoms with van der Waals surface area (Å²) in [4.78, 5) is 10.4. The van der Waals surface area contributed by atoms with Gasteiger partial charge in [-0.2, -0.15) is 0 Å². The zero-order valence-electron chi connectivity index (χ0n) is 10.8. The van der Waals surface area contributed by atoms with Crippen LogP contribution < -0.4 is 10.5 Å². The van der Waals surface area contributed by atoms with Crippen LogP contribution in [0.3, 0.4) is 0 Å². The van der Waals surface area contributed by atoms with Crippen LogP contribution in [-0.4, -0.2) is 17.7 Å². The Balaban J connectivity index is 2.43. The van der Waals surface area contributed by atoms with Crippen LogP contribution in [-0.2, 0) is 4.79 Å². The summed E-state index contributed by atoms with van der Waals surface area (Å²) in [5, 5.41) is 8.56. The maximum atomic E-state index is 10.4.